The molecule has 0 spiro atoms. The standard InChI is InChI=1S/C22H36O7P2/c1-7-27-30(23,24)29-31(25,26)28-18-17-22(6)16-10-15-21(5)14-9-13-20(4)12-8-11-19(2)3/h1,11,13,15,17H,8-10,12,14,16,18H2,2-6H3,(H,23,24)(H,25,26)/b20-13+,21-15+,22-17+. The summed E-state index contributed by atoms with van der Waals surface area (Å²) in [6, 6.07) is 0. The Hall–Kier alpha value is -1.38. The highest BCUT2D eigenvalue weighted by Crippen LogP contribution is 2.60. The predicted molar refractivity (Wildman–Crippen MR) is 125 cm³/mol. The Labute approximate surface area is 187 Å². The van der Waals surface area contributed by atoms with Gasteiger partial charge in [0.15, 0.2) is 0 Å². The van der Waals surface area contributed by atoms with E-state index >= 15 is 0 Å². The first-order chi connectivity index (χ1) is 14.4. The fourth-order valence-electron chi connectivity index (χ4n) is 2.50. The molecule has 2 N–H and O–H groups in total. The van der Waals surface area contributed by atoms with Crippen molar-refractivity contribution in [3.05, 3.63) is 46.6 Å². The van der Waals surface area contributed by atoms with Crippen LogP contribution in [0, 0.1) is 12.5 Å². The van der Waals surface area contributed by atoms with Gasteiger partial charge >= 0.3 is 15.6 Å². The normalized spacial score (nSPS) is 16.8. The Bertz CT molecular complexity index is 812. The number of rotatable bonds is 15. The van der Waals surface area contributed by atoms with E-state index in [0.29, 0.717) is 0 Å². The van der Waals surface area contributed by atoms with Crippen LogP contribution in [0.15, 0.2) is 46.6 Å². The first-order valence-corrected chi connectivity index (χ1v) is 13.1. The number of hydrogen-bond donors (Lipinski definition) is 2. The molecule has 0 bridgehead atoms. The van der Waals surface area contributed by atoms with Crippen molar-refractivity contribution in [3.8, 4) is 12.5 Å². The van der Waals surface area contributed by atoms with E-state index in [1.165, 1.54) is 22.8 Å². The Morgan fingerprint density at radius 1 is 0.806 bits per heavy atom. The number of allylic oxidation sites excluding steroid dienone is 7. The van der Waals surface area contributed by atoms with Crippen molar-refractivity contribution in [1.29, 1.82) is 0 Å². The second-order valence-corrected chi connectivity index (χ2v) is 10.5. The van der Waals surface area contributed by atoms with E-state index in [1.54, 1.807) is 6.08 Å². The zero-order valence-corrected chi connectivity index (χ0v) is 21.0. The lowest BCUT2D eigenvalue weighted by Crippen LogP contribution is -1.96. The van der Waals surface area contributed by atoms with E-state index in [0.717, 1.165) is 44.1 Å². The van der Waals surface area contributed by atoms with Gasteiger partial charge in [0.25, 0.3) is 0 Å². The van der Waals surface area contributed by atoms with Gasteiger partial charge in [-0.25, -0.2) is 9.13 Å². The molecule has 0 saturated heterocycles. The van der Waals surface area contributed by atoms with Crippen molar-refractivity contribution in [2.24, 2.45) is 0 Å². The van der Waals surface area contributed by atoms with E-state index in [4.69, 9.17) is 11.3 Å². The molecule has 31 heavy (non-hydrogen) atoms. The summed E-state index contributed by atoms with van der Waals surface area (Å²) >= 11 is 0. The molecule has 0 heterocycles. The predicted octanol–water partition coefficient (Wildman–Crippen LogP) is 6.97. The van der Waals surface area contributed by atoms with Crippen LogP contribution in [0.5, 0.6) is 0 Å². The Morgan fingerprint density at radius 3 is 1.71 bits per heavy atom. The SMILES string of the molecule is C#COP(=O)(O)OP(=O)(O)OC/C=C(\C)CC/C=C(\C)CC/C=C(\C)CCC=C(C)C. The van der Waals surface area contributed by atoms with Crippen LogP contribution in [-0.4, -0.2) is 16.4 Å². The molecule has 0 aromatic heterocycles. The average Bonchev–Trinajstić information content (AvgIpc) is 2.60. The fourth-order valence-corrected chi connectivity index (χ4v) is 4.26. The monoisotopic (exact) mass is 474 g/mol. The van der Waals surface area contributed by atoms with Gasteiger partial charge in [-0.3, -0.25) is 9.42 Å². The van der Waals surface area contributed by atoms with Crippen molar-refractivity contribution in [3.63, 3.8) is 0 Å². The highest BCUT2D eigenvalue weighted by atomic mass is 31.3. The van der Waals surface area contributed by atoms with Crippen molar-refractivity contribution in [1.82, 2.24) is 0 Å². The van der Waals surface area contributed by atoms with Crippen LogP contribution >= 0.6 is 15.6 Å². The largest absolute Gasteiger partial charge is 0.544 e. The van der Waals surface area contributed by atoms with Gasteiger partial charge in [-0.1, -0.05) is 53.0 Å². The Kier molecular flexibility index (Phi) is 14.7. The second-order valence-electron chi connectivity index (χ2n) is 7.57. The average molecular weight is 474 g/mol. The van der Waals surface area contributed by atoms with Gasteiger partial charge in [0.05, 0.1) is 6.61 Å². The van der Waals surface area contributed by atoms with Gasteiger partial charge in [-0.15, -0.1) is 0 Å². The van der Waals surface area contributed by atoms with Crippen LogP contribution in [0.3, 0.4) is 0 Å². The molecule has 0 fully saturated rings. The molecule has 0 aromatic carbocycles. The molecular formula is C22H36O7P2. The van der Waals surface area contributed by atoms with Crippen molar-refractivity contribution >= 4 is 15.6 Å². The van der Waals surface area contributed by atoms with Crippen molar-refractivity contribution in [2.75, 3.05) is 6.61 Å². The number of phosphoric acid groups is 2. The molecule has 0 aromatic rings. The van der Waals surface area contributed by atoms with Crippen LogP contribution in [0.2, 0.25) is 0 Å². The van der Waals surface area contributed by atoms with E-state index in [9.17, 15) is 14.0 Å². The lowest BCUT2D eigenvalue weighted by atomic mass is 10.0. The van der Waals surface area contributed by atoms with Crippen LogP contribution < -0.4 is 0 Å². The first kappa shape index (κ1) is 29.6. The summed E-state index contributed by atoms with van der Waals surface area (Å²) in [5.41, 5.74) is 5.04. The molecule has 9 heteroatoms. The van der Waals surface area contributed by atoms with Gasteiger partial charge < -0.3 is 9.42 Å². The van der Waals surface area contributed by atoms with Gasteiger partial charge in [-0.2, -0.15) is 4.31 Å². The minimum absolute atomic E-state index is 0.255. The van der Waals surface area contributed by atoms with E-state index < -0.39 is 15.6 Å². The number of terminal acetylenes is 1. The lowest BCUT2D eigenvalue weighted by molar-refractivity contribution is 0.189. The molecule has 0 radical (unpaired) electrons. The summed E-state index contributed by atoms with van der Waals surface area (Å²) in [6.45, 7) is 10.1. The molecule has 0 saturated carbocycles. The molecule has 0 aliphatic carbocycles. The minimum atomic E-state index is -4.84. The van der Waals surface area contributed by atoms with Gasteiger partial charge in [0, 0.05) is 0 Å². The third-order valence-electron chi connectivity index (χ3n) is 4.20. The summed E-state index contributed by atoms with van der Waals surface area (Å²) in [6.07, 6.45) is 20.3. The van der Waals surface area contributed by atoms with Crippen LogP contribution in [0.1, 0.15) is 73.1 Å². The summed E-state index contributed by atoms with van der Waals surface area (Å²) in [5.74, 6) is 0. The molecule has 0 aliphatic rings. The molecule has 7 nitrogen and oxygen atoms in total. The third kappa shape index (κ3) is 17.9. The molecule has 0 aliphatic heterocycles. The molecule has 2 unspecified atom stereocenters. The fraction of sp³-hybridized carbons (Fsp3) is 0.545. The van der Waals surface area contributed by atoms with Gasteiger partial charge in [-0.05, 0) is 73.1 Å². The smallest absolute Gasteiger partial charge is 0.350 e. The molecule has 0 rings (SSSR count). The summed E-state index contributed by atoms with van der Waals surface area (Å²) < 4.78 is 35.4. The quantitative estimate of drug-likeness (QED) is 0.150. The highest BCUT2D eigenvalue weighted by Gasteiger charge is 2.35. The van der Waals surface area contributed by atoms with Crippen LogP contribution in [0.25, 0.3) is 0 Å². The maximum absolute atomic E-state index is 11.6. The number of hydrogen-bond acceptors (Lipinski definition) is 5. The summed E-state index contributed by atoms with van der Waals surface area (Å²) in [5, 5.41) is 0. The first-order valence-electron chi connectivity index (χ1n) is 10.1. The lowest BCUT2D eigenvalue weighted by Gasteiger charge is -2.13. The van der Waals surface area contributed by atoms with Crippen LogP contribution in [0.4, 0.5) is 0 Å². The van der Waals surface area contributed by atoms with Gasteiger partial charge in [0.2, 0.25) is 0 Å². The second kappa shape index (κ2) is 15.4. The van der Waals surface area contributed by atoms with E-state index in [1.807, 2.05) is 6.92 Å². The Morgan fingerprint density at radius 2 is 1.26 bits per heavy atom. The summed E-state index contributed by atoms with van der Waals surface area (Å²) in [4.78, 5) is 18.5. The minimum Gasteiger partial charge on any atom is -0.350 e. The highest BCUT2D eigenvalue weighted by molar-refractivity contribution is 7.61. The third-order valence-corrected chi connectivity index (χ3v) is 6.66. The molecular weight excluding hydrogens is 438 g/mol. The van der Waals surface area contributed by atoms with E-state index in [-0.39, 0.29) is 6.61 Å². The van der Waals surface area contributed by atoms with E-state index in [2.05, 4.69) is 59.3 Å². The van der Waals surface area contributed by atoms with Crippen LogP contribution in [-0.2, 0) is 22.5 Å². The zero-order valence-electron chi connectivity index (χ0n) is 19.2. The summed E-state index contributed by atoms with van der Waals surface area (Å²) in [7, 11) is -9.62. The number of phosphoric ester groups is 2. The van der Waals surface area contributed by atoms with Gasteiger partial charge in [0.1, 0.15) is 6.11 Å². The maximum atomic E-state index is 11.6. The maximum Gasteiger partial charge on any atom is 0.544 e. The molecule has 176 valence electrons. The molecule has 2 atom stereocenters. The molecule has 0 amide bonds. The van der Waals surface area contributed by atoms with Crippen molar-refractivity contribution in [2.45, 2.75) is 73.1 Å². The Balaban J connectivity index is 4.29. The zero-order chi connectivity index (χ0) is 23.9. The van der Waals surface area contributed by atoms with Crippen molar-refractivity contribution < 1.29 is 32.3 Å². The topological polar surface area (TPSA) is 102 Å².